The number of carbonyl (C=O) groups is 1. The summed E-state index contributed by atoms with van der Waals surface area (Å²) in [5.74, 6) is -0.0174. The van der Waals surface area contributed by atoms with Crippen molar-refractivity contribution in [3.05, 3.63) is 41.2 Å². The zero-order chi connectivity index (χ0) is 17.0. The van der Waals surface area contributed by atoms with Crippen LogP contribution in [0.4, 0.5) is 4.39 Å². The van der Waals surface area contributed by atoms with Crippen molar-refractivity contribution in [2.75, 3.05) is 13.6 Å². The lowest BCUT2D eigenvalue weighted by Gasteiger charge is -2.20. The average molecular weight is 408 g/mol. The van der Waals surface area contributed by atoms with Crippen molar-refractivity contribution in [1.29, 1.82) is 0 Å². The lowest BCUT2D eigenvalue weighted by molar-refractivity contribution is 0.0784. The lowest BCUT2D eigenvalue weighted by atomic mass is 10.0. The first-order chi connectivity index (χ1) is 10.9. The van der Waals surface area contributed by atoms with Crippen LogP contribution in [0, 0.1) is 11.7 Å². The van der Waals surface area contributed by atoms with Crippen LogP contribution in [0.1, 0.15) is 30.8 Å². The molecular weight excluding hydrogens is 384 g/mol. The standard InChI is InChI=1S/C17H22FN3OS.2ClH/c1-11(2)14(19)8-9-21(3)17(22)15-10-23-16(20-15)12-4-6-13(18)7-5-12;;/h4-7,10-11,14H,8-9,19H2,1-3H3;2*1H. The average Bonchev–Trinajstić information content (AvgIpc) is 3.01. The minimum atomic E-state index is -0.289. The fourth-order valence-corrected chi connectivity index (χ4v) is 2.87. The first kappa shape index (κ1) is 23.8. The van der Waals surface area contributed by atoms with E-state index in [1.165, 1.54) is 23.5 Å². The highest BCUT2D eigenvalue weighted by Gasteiger charge is 2.17. The van der Waals surface area contributed by atoms with Crippen molar-refractivity contribution < 1.29 is 9.18 Å². The van der Waals surface area contributed by atoms with Crippen molar-refractivity contribution in [3.8, 4) is 10.6 Å². The summed E-state index contributed by atoms with van der Waals surface area (Å²) in [5, 5.41) is 2.44. The molecule has 2 N–H and O–H groups in total. The number of aromatic nitrogens is 1. The fraction of sp³-hybridized carbons (Fsp3) is 0.412. The third-order valence-electron chi connectivity index (χ3n) is 3.82. The normalized spacial score (nSPS) is 11.4. The minimum Gasteiger partial charge on any atom is -0.340 e. The molecule has 0 aliphatic rings. The van der Waals surface area contributed by atoms with Crippen molar-refractivity contribution in [2.24, 2.45) is 11.7 Å². The molecule has 4 nitrogen and oxygen atoms in total. The highest BCUT2D eigenvalue weighted by Crippen LogP contribution is 2.24. The molecule has 0 saturated heterocycles. The maximum absolute atomic E-state index is 13.0. The summed E-state index contributed by atoms with van der Waals surface area (Å²) in [7, 11) is 1.76. The minimum absolute atomic E-state index is 0. The molecule has 0 saturated carbocycles. The summed E-state index contributed by atoms with van der Waals surface area (Å²) in [4.78, 5) is 18.4. The first-order valence-electron chi connectivity index (χ1n) is 7.61. The first-order valence-corrected chi connectivity index (χ1v) is 8.49. The Morgan fingerprint density at radius 2 is 1.88 bits per heavy atom. The highest BCUT2D eigenvalue weighted by atomic mass is 35.5. The van der Waals surface area contributed by atoms with Crippen LogP contribution < -0.4 is 5.73 Å². The Labute approximate surface area is 164 Å². The molecule has 0 bridgehead atoms. The molecule has 0 aliphatic heterocycles. The van der Waals surface area contributed by atoms with Crippen LogP contribution in [0.3, 0.4) is 0 Å². The van der Waals surface area contributed by atoms with Gasteiger partial charge in [-0.15, -0.1) is 36.2 Å². The molecule has 1 aromatic heterocycles. The van der Waals surface area contributed by atoms with E-state index in [0.717, 1.165) is 12.0 Å². The molecule has 2 rings (SSSR count). The summed E-state index contributed by atoms with van der Waals surface area (Å²) < 4.78 is 13.0. The lowest BCUT2D eigenvalue weighted by Crippen LogP contribution is -2.34. The van der Waals surface area contributed by atoms with Gasteiger partial charge in [-0.2, -0.15) is 0 Å². The Morgan fingerprint density at radius 3 is 2.44 bits per heavy atom. The molecule has 1 atom stereocenters. The number of benzene rings is 1. The molecule has 8 heteroatoms. The molecule has 1 heterocycles. The van der Waals surface area contributed by atoms with Crippen LogP contribution in [-0.4, -0.2) is 35.4 Å². The van der Waals surface area contributed by atoms with Crippen LogP contribution in [0.15, 0.2) is 29.6 Å². The van der Waals surface area contributed by atoms with Crippen LogP contribution in [-0.2, 0) is 0 Å². The predicted molar refractivity (Wildman–Crippen MR) is 106 cm³/mol. The second-order valence-corrected chi connectivity index (χ2v) is 6.83. The van der Waals surface area contributed by atoms with E-state index in [0.29, 0.717) is 23.2 Å². The number of hydrogen-bond donors (Lipinski definition) is 1. The topological polar surface area (TPSA) is 59.2 Å². The largest absolute Gasteiger partial charge is 0.340 e. The highest BCUT2D eigenvalue weighted by molar-refractivity contribution is 7.13. The number of rotatable bonds is 6. The van der Waals surface area contributed by atoms with Gasteiger partial charge in [0.1, 0.15) is 16.5 Å². The van der Waals surface area contributed by atoms with Gasteiger partial charge in [0.2, 0.25) is 0 Å². The third kappa shape index (κ3) is 6.55. The zero-order valence-corrected chi connectivity index (χ0v) is 16.9. The second-order valence-electron chi connectivity index (χ2n) is 5.97. The van der Waals surface area contributed by atoms with E-state index in [1.807, 2.05) is 0 Å². The summed E-state index contributed by atoms with van der Waals surface area (Å²) in [5.41, 5.74) is 7.23. The Hall–Kier alpha value is -1.21. The summed E-state index contributed by atoms with van der Waals surface area (Å²) in [6.07, 6.45) is 0.759. The van der Waals surface area contributed by atoms with Crippen molar-refractivity contribution in [1.82, 2.24) is 9.88 Å². The van der Waals surface area contributed by atoms with Gasteiger partial charge in [0, 0.05) is 30.6 Å². The van der Waals surface area contributed by atoms with E-state index in [-0.39, 0.29) is 42.6 Å². The van der Waals surface area contributed by atoms with Crippen LogP contribution >= 0.6 is 36.2 Å². The van der Waals surface area contributed by atoms with Crippen LogP contribution in [0.5, 0.6) is 0 Å². The van der Waals surface area contributed by atoms with Gasteiger partial charge in [-0.05, 0) is 36.6 Å². The number of halogens is 3. The van der Waals surface area contributed by atoms with E-state index in [1.54, 1.807) is 29.5 Å². The SMILES string of the molecule is CC(C)C(N)CCN(C)C(=O)c1csc(-c2ccc(F)cc2)n1.Cl.Cl. The van der Waals surface area contributed by atoms with Gasteiger partial charge in [-0.3, -0.25) is 4.79 Å². The van der Waals surface area contributed by atoms with Crippen molar-refractivity contribution in [2.45, 2.75) is 26.3 Å². The van der Waals surface area contributed by atoms with Crippen LogP contribution in [0.25, 0.3) is 10.6 Å². The van der Waals surface area contributed by atoms with Crippen molar-refractivity contribution >= 4 is 42.1 Å². The molecule has 2 aromatic rings. The molecule has 25 heavy (non-hydrogen) atoms. The van der Waals surface area contributed by atoms with Gasteiger partial charge in [-0.1, -0.05) is 13.8 Å². The molecule has 0 spiro atoms. The van der Waals surface area contributed by atoms with Gasteiger partial charge in [0.25, 0.3) is 5.91 Å². The number of thiazole rings is 1. The van der Waals surface area contributed by atoms with Gasteiger partial charge >= 0.3 is 0 Å². The Bertz CT molecular complexity index is 664. The Balaban J connectivity index is 0.00000288. The maximum atomic E-state index is 13.0. The van der Waals surface area contributed by atoms with Crippen molar-refractivity contribution in [3.63, 3.8) is 0 Å². The number of nitrogens with two attached hydrogens (primary N) is 1. The van der Waals surface area contributed by atoms with Gasteiger partial charge in [0.05, 0.1) is 0 Å². The zero-order valence-electron chi connectivity index (χ0n) is 14.4. The van der Waals surface area contributed by atoms with Crippen LogP contribution in [0.2, 0.25) is 0 Å². The number of carbonyl (C=O) groups excluding carboxylic acids is 1. The second kappa shape index (κ2) is 10.7. The molecule has 1 amide bonds. The fourth-order valence-electron chi connectivity index (χ4n) is 2.07. The summed E-state index contributed by atoms with van der Waals surface area (Å²) >= 11 is 1.38. The quantitative estimate of drug-likeness (QED) is 0.778. The third-order valence-corrected chi connectivity index (χ3v) is 4.71. The van der Waals surface area contributed by atoms with E-state index in [9.17, 15) is 9.18 Å². The number of hydrogen-bond acceptors (Lipinski definition) is 4. The van der Waals surface area contributed by atoms with E-state index in [4.69, 9.17) is 5.73 Å². The molecule has 1 unspecified atom stereocenters. The van der Waals surface area contributed by atoms with E-state index >= 15 is 0 Å². The summed E-state index contributed by atoms with van der Waals surface area (Å²) in [6.45, 7) is 4.74. The van der Waals surface area contributed by atoms with Gasteiger partial charge < -0.3 is 10.6 Å². The van der Waals surface area contributed by atoms with E-state index in [2.05, 4.69) is 18.8 Å². The maximum Gasteiger partial charge on any atom is 0.273 e. The smallest absolute Gasteiger partial charge is 0.273 e. The monoisotopic (exact) mass is 407 g/mol. The Kier molecular flexibility index (Phi) is 10.2. The molecule has 0 aliphatic carbocycles. The number of nitrogens with zero attached hydrogens (tertiary/aromatic N) is 2. The molecule has 140 valence electrons. The number of amides is 1. The Morgan fingerprint density at radius 1 is 1.28 bits per heavy atom. The van der Waals surface area contributed by atoms with E-state index < -0.39 is 0 Å². The molecule has 1 aromatic carbocycles. The molecular formula is C17H24Cl2FN3OS. The molecule has 0 fully saturated rings. The summed E-state index contributed by atoms with van der Waals surface area (Å²) in [6, 6.07) is 6.17. The van der Waals surface area contributed by atoms with Gasteiger partial charge in [-0.25, -0.2) is 9.37 Å². The predicted octanol–water partition coefficient (Wildman–Crippen LogP) is 4.24. The molecule has 0 radical (unpaired) electrons. The van der Waals surface area contributed by atoms with Gasteiger partial charge in [0.15, 0.2) is 0 Å².